The van der Waals surface area contributed by atoms with Gasteiger partial charge in [-0.2, -0.15) is 26.3 Å². The van der Waals surface area contributed by atoms with Crippen molar-refractivity contribution in [3.63, 3.8) is 0 Å². The summed E-state index contributed by atoms with van der Waals surface area (Å²) in [5.41, 5.74) is 4.47. The highest BCUT2D eigenvalue weighted by atomic mass is 19.4. The van der Waals surface area contributed by atoms with Gasteiger partial charge in [-0.15, -0.1) is 0 Å². The van der Waals surface area contributed by atoms with E-state index in [0.29, 0.717) is 12.8 Å². The van der Waals surface area contributed by atoms with Gasteiger partial charge >= 0.3 is 12.4 Å². The summed E-state index contributed by atoms with van der Waals surface area (Å²) >= 11 is 0. The van der Waals surface area contributed by atoms with Gasteiger partial charge < -0.3 is 5.73 Å². The predicted octanol–water partition coefficient (Wildman–Crippen LogP) is 6.67. The van der Waals surface area contributed by atoms with Crippen LogP contribution in [0.15, 0.2) is 48.5 Å². The fourth-order valence-corrected chi connectivity index (χ4v) is 4.24. The van der Waals surface area contributed by atoms with E-state index in [0.717, 1.165) is 30.5 Å². The summed E-state index contributed by atoms with van der Waals surface area (Å²) in [5, 5.41) is 0. The first-order chi connectivity index (χ1) is 13.4. The van der Waals surface area contributed by atoms with Crippen molar-refractivity contribution in [1.82, 2.24) is 0 Å². The van der Waals surface area contributed by atoms with E-state index in [4.69, 9.17) is 5.73 Å². The highest BCUT2D eigenvalue weighted by Gasteiger charge is 2.43. The van der Waals surface area contributed by atoms with Crippen LogP contribution in [0, 0.1) is 0 Å². The Bertz CT molecular complexity index is 802. The Balaban J connectivity index is 1.84. The lowest BCUT2D eigenvalue weighted by Gasteiger charge is -2.47. The van der Waals surface area contributed by atoms with Gasteiger partial charge in [0.05, 0.1) is 11.1 Å². The minimum absolute atomic E-state index is 0.0546. The average molecular weight is 415 g/mol. The van der Waals surface area contributed by atoms with E-state index in [-0.39, 0.29) is 23.1 Å². The van der Waals surface area contributed by atoms with Gasteiger partial charge in [0.25, 0.3) is 0 Å². The monoisotopic (exact) mass is 415 g/mol. The number of hydrogen-bond acceptors (Lipinski definition) is 1. The molecule has 2 N–H and O–H groups in total. The maximum Gasteiger partial charge on any atom is 0.416 e. The van der Waals surface area contributed by atoms with Gasteiger partial charge in [-0.3, -0.25) is 0 Å². The molecule has 29 heavy (non-hydrogen) atoms. The van der Waals surface area contributed by atoms with Crippen LogP contribution in [0.1, 0.15) is 60.8 Å². The maximum atomic E-state index is 13.1. The molecule has 1 nitrogen and oxygen atoms in total. The largest absolute Gasteiger partial charge is 0.416 e. The third-order valence-corrected chi connectivity index (χ3v) is 5.93. The number of hydrogen-bond donors (Lipinski definition) is 1. The van der Waals surface area contributed by atoms with Crippen LogP contribution >= 0.6 is 0 Å². The molecule has 2 aromatic carbocycles. The minimum Gasteiger partial charge on any atom is -0.328 e. The van der Waals surface area contributed by atoms with Crippen LogP contribution in [-0.4, -0.2) is 6.04 Å². The minimum atomic E-state index is -4.83. The standard InChI is InChI=1S/C22H23F6N/c1-14(7-8-20(12-19(29)13-20)16-5-3-2-4-6-16)15-9-17(21(23,24)25)11-18(10-15)22(26,27)28/h2-6,9-11,14,19H,7-8,12-13,29H2,1H3/t14-,19?,20?/m0/s1. The number of nitrogens with two attached hydrogens (primary N) is 1. The summed E-state index contributed by atoms with van der Waals surface area (Å²) in [6, 6.07) is 11.7. The van der Waals surface area contributed by atoms with Crippen LogP contribution in [0.3, 0.4) is 0 Å². The van der Waals surface area contributed by atoms with Gasteiger partial charge in [0.15, 0.2) is 0 Å². The molecule has 1 aliphatic rings. The maximum absolute atomic E-state index is 13.1. The lowest BCUT2D eigenvalue weighted by Crippen LogP contribution is -2.49. The summed E-state index contributed by atoms with van der Waals surface area (Å²) in [4.78, 5) is 0. The molecule has 1 fully saturated rings. The Kier molecular flexibility index (Phi) is 5.73. The molecule has 1 aliphatic carbocycles. The molecule has 158 valence electrons. The summed E-state index contributed by atoms with van der Waals surface area (Å²) in [6.45, 7) is 1.67. The molecule has 1 atom stereocenters. The second-order valence-electron chi connectivity index (χ2n) is 8.09. The summed E-state index contributed by atoms with van der Waals surface area (Å²) in [6.07, 6.45) is -7.01. The van der Waals surface area contributed by atoms with Gasteiger partial charge in [-0.25, -0.2) is 0 Å². The molecule has 0 bridgehead atoms. The average Bonchev–Trinajstić information content (AvgIpc) is 2.63. The van der Waals surface area contributed by atoms with E-state index in [1.165, 1.54) is 0 Å². The molecule has 0 radical (unpaired) electrons. The zero-order chi connectivity index (χ0) is 21.4. The second kappa shape index (κ2) is 7.67. The van der Waals surface area contributed by atoms with E-state index in [2.05, 4.69) is 0 Å². The van der Waals surface area contributed by atoms with E-state index < -0.39 is 29.4 Å². The molecule has 2 aromatic rings. The fraction of sp³-hybridized carbons (Fsp3) is 0.455. The molecule has 0 aromatic heterocycles. The Labute approximate surface area is 165 Å². The molecule has 1 saturated carbocycles. The lowest BCUT2D eigenvalue weighted by molar-refractivity contribution is -0.143. The van der Waals surface area contributed by atoms with Crippen molar-refractivity contribution in [3.8, 4) is 0 Å². The number of rotatable bonds is 5. The van der Waals surface area contributed by atoms with Crippen molar-refractivity contribution in [1.29, 1.82) is 0 Å². The normalized spacial score (nSPS) is 23.5. The van der Waals surface area contributed by atoms with Gasteiger partial charge in [0.2, 0.25) is 0 Å². The van der Waals surface area contributed by atoms with Crippen LogP contribution in [0.25, 0.3) is 0 Å². The zero-order valence-corrected chi connectivity index (χ0v) is 15.9. The number of halogens is 6. The summed E-state index contributed by atoms with van der Waals surface area (Å²) in [5.74, 6) is -0.448. The third-order valence-electron chi connectivity index (χ3n) is 5.93. The number of alkyl halides is 6. The molecule has 0 heterocycles. The molecule has 0 spiro atoms. The highest BCUT2D eigenvalue weighted by molar-refractivity contribution is 5.36. The SMILES string of the molecule is C[C@@H](CCC1(c2ccccc2)CC(N)C1)c1cc(C(F)(F)F)cc(C(F)(F)F)c1. The van der Waals surface area contributed by atoms with Crippen molar-refractivity contribution in [2.75, 3.05) is 0 Å². The number of benzene rings is 2. The molecule has 0 amide bonds. The van der Waals surface area contributed by atoms with Gasteiger partial charge in [-0.05, 0) is 66.3 Å². The van der Waals surface area contributed by atoms with Crippen molar-refractivity contribution < 1.29 is 26.3 Å². The summed E-state index contributed by atoms with van der Waals surface area (Å²) in [7, 11) is 0. The second-order valence-corrected chi connectivity index (χ2v) is 8.09. The third kappa shape index (κ3) is 4.77. The Morgan fingerprint density at radius 1 is 0.931 bits per heavy atom. The Morgan fingerprint density at radius 3 is 1.90 bits per heavy atom. The summed E-state index contributed by atoms with van der Waals surface area (Å²) < 4.78 is 78.7. The first-order valence-corrected chi connectivity index (χ1v) is 9.51. The van der Waals surface area contributed by atoms with Crippen LogP contribution in [0.2, 0.25) is 0 Å². The molecular formula is C22H23F6N. The highest BCUT2D eigenvalue weighted by Crippen LogP contribution is 2.48. The van der Waals surface area contributed by atoms with E-state index >= 15 is 0 Å². The first kappa shape index (κ1) is 21.7. The fourth-order valence-electron chi connectivity index (χ4n) is 4.24. The van der Waals surface area contributed by atoms with Crippen molar-refractivity contribution in [3.05, 3.63) is 70.8 Å². The molecule has 0 saturated heterocycles. The van der Waals surface area contributed by atoms with Gasteiger partial charge in [0, 0.05) is 6.04 Å². The molecular weight excluding hydrogens is 392 g/mol. The van der Waals surface area contributed by atoms with Gasteiger partial charge in [-0.1, -0.05) is 37.3 Å². The van der Waals surface area contributed by atoms with E-state index in [1.54, 1.807) is 6.92 Å². The smallest absolute Gasteiger partial charge is 0.328 e. The van der Waals surface area contributed by atoms with Crippen molar-refractivity contribution in [2.24, 2.45) is 5.73 Å². The predicted molar refractivity (Wildman–Crippen MR) is 99.4 cm³/mol. The Hall–Kier alpha value is -2.02. The van der Waals surface area contributed by atoms with Crippen LogP contribution in [0.5, 0.6) is 0 Å². The van der Waals surface area contributed by atoms with Crippen molar-refractivity contribution >= 4 is 0 Å². The van der Waals surface area contributed by atoms with Crippen LogP contribution in [-0.2, 0) is 17.8 Å². The van der Waals surface area contributed by atoms with E-state index in [9.17, 15) is 26.3 Å². The first-order valence-electron chi connectivity index (χ1n) is 9.51. The van der Waals surface area contributed by atoms with Crippen LogP contribution < -0.4 is 5.73 Å². The van der Waals surface area contributed by atoms with E-state index in [1.807, 2.05) is 30.3 Å². The topological polar surface area (TPSA) is 26.0 Å². The molecule has 7 heteroatoms. The van der Waals surface area contributed by atoms with Crippen LogP contribution in [0.4, 0.5) is 26.3 Å². The van der Waals surface area contributed by atoms with Crippen molar-refractivity contribution in [2.45, 2.75) is 62.3 Å². The molecule has 3 rings (SSSR count). The Morgan fingerprint density at radius 2 is 1.45 bits per heavy atom. The quantitative estimate of drug-likeness (QED) is 0.543. The zero-order valence-electron chi connectivity index (χ0n) is 15.9. The van der Waals surface area contributed by atoms with Gasteiger partial charge in [0.1, 0.15) is 0 Å². The molecule has 0 unspecified atom stereocenters. The lowest BCUT2D eigenvalue weighted by atomic mass is 9.59. The molecule has 0 aliphatic heterocycles.